The normalized spacial score (nSPS) is 17.8. The number of fused-ring (bicyclic) bond motifs is 1. The highest BCUT2D eigenvalue weighted by Gasteiger charge is 2.24. The summed E-state index contributed by atoms with van der Waals surface area (Å²) in [6.07, 6.45) is 3.60. The van der Waals surface area contributed by atoms with Crippen molar-refractivity contribution < 1.29 is 5.11 Å². The van der Waals surface area contributed by atoms with Gasteiger partial charge in [0, 0.05) is 36.8 Å². The predicted molar refractivity (Wildman–Crippen MR) is 87.1 cm³/mol. The van der Waals surface area contributed by atoms with Crippen molar-refractivity contribution >= 4 is 22.1 Å². The Hall–Kier alpha value is -1.11. The van der Waals surface area contributed by atoms with E-state index in [0.717, 1.165) is 43.3 Å². The lowest BCUT2D eigenvalue weighted by molar-refractivity contribution is 0.145. The Bertz CT molecular complexity index is 605. The van der Waals surface area contributed by atoms with Gasteiger partial charge >= 0.3 is 0 Å². The summed E-state index contributed by atoms with van der Waals surface area (Å²) in [6.45, 7) is 9.10. The molecular weight excluding hydrogens is 284 g/mol. The molecule has 6 heteroatoms. The van der Waals surface area contributed by atoms with Crippen molar-refractivity contribution in [2.75, 3.05) is 18.0 Å². The van der Waals surface area contributed by atoms with Gasteiger partial charge in [0.15, 0.2) is 10.8 Å². The Kier molecular flexibility index (Phi) is 3.94. The van der Waals surface area contributed by atoms with Gasteiger partial charge in [-0.1, -0.05) is 0 Å². The Morgan fingerprint density at radius 3 is 2.76 bits per heavy atom. The van der Waals surface area contributed by atoms with Gasteiger partial charge in [0.05, 0.1) is 11.8 Å². The van der Waals surface area contributed by atoms with Crippen molar-refractivity contribution in [2.24, 2.45) is 0 Å². The Morgan fingerprint density at radius 1 is 1.38 bits per heavy atom. The van der Waals surface area contributed by atoms with Crippen molar-refractivity contribution in [3.8, 4) is 0 Å². The average molecular weight is 308 g/mol. The molecule has 0 saturated carbocycles. The second-order valence-corrected chi connectivity index (χ2v) is 7.63. The number of nitrogens with one attached hydrogen (secondary N) is 1. The Labute approximate surface area is 129 Å². The Balaban J connectivity index is 1.88. The maximum absolute atomic E-state index is 9.69. The number of piperidine rings is 1. The van der Waals surface area contributed by atoms with E-state index in [0.29, 0.717) is 0 Å². The minimum Gasteiger partial charge on any atom is -0.393 e. The van der Waals surface area contributed by atoms with Crippen LogP contribution in [-0.4, -0.2) is 39.2 Å². The molecule has 1 aliphatic heterocycles. The number of aromatic nitrogens is 2. The van der Waals surface area contributed by atoms with E-state index in [9.17, 15) is 5.11 Å². The first-order valence-corrected chi connectivity index (χ1v) is 8.44. The first-order chi connectivity index (χ1) is 9.94. The van der Waals surface area contributed by atoms with Crippen LogP contribution < -0.4 is 10.2 Å². The number of rotatable bonds is 3. The van der Waals surface area contributed by atoms with E-state index in [1.165, 1.54) is 5.69 Å². The van der Waals surface area contributed by atoms with Crippen molar-refractivity contribution in [1.82, 2.24) is 14.7 Å². The molecule has 1 fully saturated rings. The van der Waals surface area contributed by atoms with Crippen LogP contribution in [0.3, 0.4) is 0 Å². The number of imidazole rings is 1. The summed E-state index contributed by atoms with van der Waals surface area (Å²) in [5.74, 6) is 1.07. The second-order valence-electron chi connectivity index (χ2n) is 6.76. The molecular formula is C15H24N4OS. The lowest BCUT2D eigenvalue weighted by Crippen LogP contribution is -2.38. The molecule has 0 aromatic carbocycles. The number of aliphatic hydroxyl groups excluding tert-OH is 1. The van der Waals surface area contributed by atoms with Gasteiger partial charge in [0.1, 0.15) is 0 Å². The summed E-state index contributed by atoms with van der Waals surface area (Å²) in [7, 11) is 0. The molecule has 3 rings (SSSR count). The summed E-state index contributed by atoms with van der Waals surface area (Å²) >= 11 is 1.67. The third kappa shape index (κ3) is 3.22. The van der Waals surface area contributed by atoms with Crippen LogP contribution in [0.1, 0.15) is 39.3 Å². The largest absolute Gasteiger partial charge is 0.393 e. The van der Waals surface area contributed by atoms with Crippen molar-refractivity contribution in [1.29, 1.82) is 0 Å². The van der Waals surface area contributed by atoms with Gasteiger partial charge in [-0.3, -0.25) is 4.40 Å². The number of aliphatic hydroxyl groups is 1. The van der Waals surface area contributed by atoms with E-state index in [-0.39, 0.29) is 11.6 Å². The number of thiazole rings is 1. The van der Waals surface area contributed by atoms with E-state index in [1.54, 1.807) is 11.3 Å². The highest BCUT2D eigenvalue weighted by Crippen LogP contribution is 2.27. The fourth-order valence-corrected chi connectivity index (χ4v) is 3.39. The quantitative estimate of drug-likeness (QED) is 0.913. The zero-order chi connectivity index (χ0) is 15.0. The summed E-state index contributed by atoms with van der Waals surface area (Å²) < 4.78 is 2.18. The van der Waals surface area contributed by atoms with Crippen LogP contribution in [0.2, 0.25) is 0 Å². The molecule has 0 unspecified atom stereocenters. The summed E-state index contributed by atoms with van der Waals surface area (Å²) in [6, 6.07) is 0. The number of hydrogen-bond acceptors (Lipinski definition) is 5. The minimum absolute atomic E-state index is 0.0789. The van der Waals surface area contributed by atoms with Gasteiger partial charge in [-0.05, 0) is 33.6 Å². The van der Waals surface area contributed by atoms with Crippen molar-refractivity contribution in [2.45, 2.75) is 51.8 Å². The molecule has 0 atom stereocenters. The van der Waals surface area contributed by atoms with Crippen LogP contribution in [-0.2, 0) is 6.54 Å². The molecule has 0 aliphatic carbocycles. The molecule has 0 radical (unpaired) electrons. The first kappa shape index (κ1) is 14.8. The standard InChI is InChI=1S/C15H24N4OS/c1-15(2,3)16-10-12-13(17-14-19(12)8-9-21-14)18-6-4-11(20)5-7-18/h8-9,11,16,20H,4-7,10H2,1-3H3. The zero-order valence-electron chi connectivity index (χ0n) is 13.0. The molecule has 2 aromatic heterocycles. The number of nitrogens with zero attached hydrogens (tertiary/aromatic N) is 3. The number of hydrogen-bond donors (Lipinski definition) is 2. The molecule has 116 valence electrons. The predicted octanol–water partition coefficient (Wildman–Crippen LogP) is 2.25. The van der Waals surface area contributed by atoms with Gasteiger partial charge in [0.25, 0.3) is 0 Å². The van der Waals surface area contributed by atoms with Crippen molar-refractivity contribution in [3.05, 3.63) is 17.3 Å². The molecule has 0 amide bonds. The second kappa shape index (κ2) is 5.59. The average Bonchev–Trinajstić information content (AvgIpc) is 2.97. The lowest BCUT2D eigenvalue weighted by Gasteiger charge is -2.31. The van der Waals surface area contributed by atoms with Gasteiger partial charge < -0.3 is 15.3 Å². The fourth-order valence-electron chi connectivity index (χ4n) is 2.67. The van der Waals surface area contributed by atoms with Gasteiger partial charge in [-0.15, -0.1) is 11.3 Å². The van der Waals surface area contributed by atoms with Crippen LogP contribution in [0.5, 0.6) is 0 Å². The highest BCUT2D eigenvalue weighted by atomic mass is 32.1. The molecule has 5 nitrogen and oxygen atoms in total. The molecule has 0 spiro atoms. The molecule has 1 aliphatic rings. The lowest BCUT2D eigenvalue weighted by atomic mass is 10.1. The van der Waals surface area contributed by atoms with Crippen LogP contribution in [0, 0.1) is 0 Å². The Morgan fingerprint density at radius 2 is 2.10 bits per heavy atom. The van der Waals surface area contributed by atoms with Crippen molar-refractivity contribution in [3.63, 3.8) is 0 Å². The molecule has 2 aromatic rings. The van der Waals surface area contributed by atoms with E-state index in [1.807, 2.05) is 0 Å². The summed E-state index contributed by atoms with van der Waals surface area (Å²) in [5, 5.41) is 15.3. The molecule has 21 heavy (non-hydrogen) atoms. The molecule has 3 heterocycles. The summed E-state index contributed by atoms with van der Waals surface area (Å²) in [4.78, 5) is 8.16. The maximum Gasteiger partial charge on any atom is 0.195 e. The van der Waals surface area contributed by atoms with Crippen LogP contribution in [0.25, 0.3) is 4.96 Å². The maximum atomic E-state index is 9.69. The molecule has 0 bridgehead atoms. The third-order valence-corrected chi connectivity index (χ3v) is 4.65. The smallest absolute Gasteiger partial charge is 0.195 e. The minimum atomic E-state index is -0.152. The number of anilines is 1. The topological polar surface area (TPSA) is 52.8 Å². The van der Waals surface area contributed by atoms with Gasteiger partial charge in [-0.2, -0.15) is 0 Å². The third-order valence-electron chi connectivity index (χ3n) is 3.89. The van der Waals surface area contributed by atoms with Crippen LogP contribution in [0.15, 0.2) is 11.6 Å². The first-order valence-electron chi connectivity index (χ1n) is 7.56. The van der Waals surface area contributed by atoms with Crippen LogP contribution >= 0.6 is 11.3 Å². The van der Waals surface area contributed by atoms with E-state index < -0.39 is 0 Å². The molecule has 2 N–H and O–H groups in total. The summed E-state index contributed by atoms with van der Waals surface area (Å²) in [5.41, 5.74) is 1.30. The highest BCUT2D eigenvalue weighted by molar-refractivity contribution is 7.15. The fraction of sp³-hybridized carbons (Fsp3) is 0.667. The van der Waals surface area contributed by atoms with E-state index in [2.05, 4.69) is 47.0 Å². The van der Waals surface area contributed by atoms with Gasteiger partial charge in [0.2, 0.25) is 0 Å². The SMILES string of the molecule is CC(C)(C)NCc1c(N2CCC(O)CC2)nc2sccn12. The molecule has 1 saturated heterocycles. The van der Waals surface area contributed by atoms with E-state index >= 15 is 0 Å². The zero-order valence-corrected chi connectivity index (χ0v) is 13.8. The van der Waals surface area contributed by atoms with Gasteiger partial charge in [-0.25, -0.2) is 4.98 Å². The van der Waals surface area contributed by atoms with Crippen LogP contribution in [0.4, 0.5) is 5.82 Å². The van der Waals surface area contributed by atoms with E-state index in [4.69, 9.17) is 4.98 Å². The monoisotopic (exact) mass is 308 g/mol.